The molecule has 1 aliphatic heterocycles. The van der Waals surface area contributed by atoms with Crippen LogP contribution >= 0.6 is 0 Å². The van der Waals surface area contributed by atoms with E-state index in [0.29, 0.717) is 12.8 Å². The smallest absolute Gasteiger partial charge is 0.265 e. The molecule has 6 nitrogen and oxygen atoms in total. The first-order valence-corrected chi connectivity index (χ1v) is 9.57. The number of piperidine rings is 1. The van der Waals surface area contributed by atoms with Crippen LogP contribution in [0.5, 0.6) is 0 Å². The van der Waals surface area contributed by atoms with Crippen LogP contribution in [0, 0.1) is 16.7 Å². The van der Waals surface area contributed by atoms with E-state index in [1.807, 2.05) is 13.8 Å². The molecule has 3 atom stereocenters. The molecule has 3 N–H and O–H groups in total. The van der Waals surface area contributed by atoms with Crippen LogP contribution in [0.1, 0.15) is 46.0 Å². The van der Waals surface area contributed by atoms with Crippen molar-refractivity contribution in [2.45, 2.75) is 52.1 Å². The highest BCUT2D eigenvalue weighted by molar-refractivity contribution is 7.85. The van der Waals surface area contributed by atoms with E-state index in [-0.39, 0.29) is 23.2 Å². The van der Waals surface area contributed by atoms with Gasteiger partial charge in [-0.2, -0.15) is 8.42 Å². The first-order chi connectivity index (χ1) is 10.1. The van der Waals surface area contributed by atoms with Gasteiger partial charge in [-0.05, 0) is 43.6 Å². The summed E-state index contributed by atoms with van der Waals surface area (Å²) < 4.78 is 31.0. The van der Waals surface area contributed by atoms with E-state index in [1.165, 1.54) is 0 Å². The molecular formula is C15H27NO5S. The standard InChI is InChI=1S/C10H16O4S.C5H11NO/c1-9(2)7-3-4-10(9,8(11)5-7)6-15(12,13)14;7-5-2-1-3-6-4-5/h7H,3-6H2,1-2H3,(H,12,13,14);5-7H,1-4H2/t7?,10-;5-/m11/s1. The van der Waals surface area contributed by atoms with Gasteiger partial charge in [0.1, 0.15) is 5.78 Å². The van der Waals surface area contributed by atoms with Gasteiger partial charge < -0.3 is 10.4 Å². The molecular weight excluding hydrogens is 306 g/mol. The number of aliphatic hydroxyl groups excluding tert-OH is 1. The van der Waals surface area contributed by atoms with E-state index in [9.17, 15) is 13.2 Å². The molecule has 1 saturated heterocycles. The van der Waals surface area contributed by atoms with Crippen molar-refractivity contribution >= 4 is 15.9 Å². The Balaban J connectivity index is 0.000000211. The molecule has 1 heterocycles. The molecule has 0 radical (unpaired) electrons. The Morgan fingerprint density at radius 2 is 2.00 bits per heavy atom. The SMILES string of the molecule is CC1(C)C2CC[C@@]1(CS(=O)(=O)O)C(=O)C2.O[C@@H]1CCCNC1. The van der Waals surface area contributed by atoms with Crippen LogP contribution in [-0.4, -0.2) is 48.8 Å². The van der Waals surface area contributed by atoms with Crippen molar-refractivity contribution in [2.24, 2.45) is 16.7 Å². The molecule has 0 amide bonds. The maximum Gasteiger partial charge on any atom is 0.265 e. The number of aliphatic hydroxyl groups is 1. The number of carbonyl (C=O) groups is 1. The molecule has 1 unspecified atom stereocenters. The first kappa shape index (κ1) is 17.8. The lowest BCUT2D eigenvalue weighted by Gasteiger charge is -2.35. The summed E-state index contributed by atoms with van der Waals surface area (Å²) in [6, 6.07) is 0. The highest BCUT2D eigenvalue weighted by atomic mass is 32.2. The fourth-order valence-electron chi connectivity index (χ4n) is 4.25. The van der Waals surface area contributed by atoms with E-state index < -0.39 is 21.3 Å². The molecule has 2 saturated carbocycles. The first-order valence-electron chi connectivity index (χ1n) is 7.96. The third kappa shape index (κ3) is 3.37. The number of Topliss-reactive ketones (excluding diaryl/α,β-unsaturated/α-hetero) is 1. The van der Waals surface area contributed by atoms with Crippen LogP contribution in [0.4, 0.5) is 0 Å². The van der Waals surface area contributed by atoms with Gasteiger partial charge in [-0.25, -0.2) is 0 Å². The van der Waals surface area contributed by atoms with Crippen LogP contribution in [0.25, 0.3) is 0 Å². The van der Waals surface area contributed by atoms with Crippen molar-refractivity contribution in [1.29, 1.82) is 0 Å². The number of fused-ring (bicyclic) bond motifs is 2. The second-order valence-corrected chi connectivity index (χ2v) is 8.85. The fourth-order valence-corrected chi connectivity index (χ4v) is 5.55. The predicted molar refractivity (Wildman–Crippen MR) is 83.1 cm³/mol. The average Bonchev–Trinajstić information content (AvgIpc) is 2.72. The van der Waals surface area contributed by atoms with E-state index >= 15 is 0 Å². The summed E-state index contributed by atoms with van der Waals surface area (Å²) in [5.41, 5.74) is -1.12. The van der Waals surface area contributed by atoms with Crippen molar-refractivity contribution in [3.8, 4) is 0 Å². The molecule has 22 heavy (non-hydrogen) atoms. The minimum Gasteiger partial charge on any atom is -0.392 e. The molecule has 2 aliphatic carbocycles. The summed E-state index contributed by atoms with van der Waals surface area (Å²) >= 11 is 0. The van der Waals surface area contributed by atoms with E-state index in [4.69, 9.17) is 9.66 Å². The zero-order valence-electron chi connectivity index (χ0n) is 13.3. The number of ketones is 1. The summed E-state index contributed by atoms with van der Waals surface area (Å²) in [5, 5.41) is 11.9. The Kier molecular flexibility index (Phi) is 5.02. The summed E-state index contributed by atoms with van der Waals surface area (Å²) in [4.78, 5) is 11.9. The molecule has 7 heteroatoms. The van der Waals surface area contributed by atoms with Crippen LogP contribution < -0.4 is 5.32 Å². The van der Waals surface area contributed by atoms with Crippen molar-refractivity contribution in [1.82, 2.24) is 5.32 Å². The monoisotopic (exact) mass is 333 g/mol. The Labute approximate surface area is 132 Å². The van der Waals surface area contributed by atoms with Crippen molar-refractivity contribution in [3.63, 3.8) is 0 Å². The maximum absolute atomic E-state index is 11.9. The predicted octanol–water partition coefficient (Wildman–Crippen LogP) is 1.00. The van der Waals surface area contributed by atoms with Crippen LogP contribution in [-0.2, 0) is 14.9 Å². The number of carbonyl (C=O) groups excluding carboxylic acids is 1. The Morgan fingerprint density at radius 1 is 1.32 bits per heavy atom. The van der Waals surface area contributed by atoms with Crippen molar-refractivity contribution in [2.75, 3.05) is 18.8 Å². The molecule has 3 fully saturated rings. The van der Waals surface area contributed by atoms with Gasteiger partial charge in [-0.1, -0.05) is 13.8 Å². The summed E-state index contributed by atoms with van der Waals surface area (Å²) in [7, 11) is -4.08. The topological polar surface area (TPSA) is 104 Å². The van der Waals surface area contributed by atoms with Gasteiger partial charge >= 0.3 is 0 Å². The molecule has 0 aromatic carbocycles. The Morgan fingerprint density at radius 3 is 2.32 bits per heavy atom. The molecule has 0 aromatic rings. The zero-order chi connectivity index (χ0) is 16.6. The lowest BCUT2D eigenvalue weighted by Crippen LogP contribution is -2.42. The molecule has 3 rings (SSSR count). The number of rotatable bonds is 2. The minimum atomic E-state index is -4.08. The minimum absolute atomic E-state index is 0.0152. The third-order valence-corrected chi connectivity index (χ3v) is 6.70. The Hall–Kier alpha value is -0.500. The highest BCUT2D eigenvalue weighted by Gasteiger charge is 2.65. The highest BCUT2D eigenvalue weighted by Crippen LogP contribution is 2.64. The number of β-amino-alcohol motifs (C(OH)–C–C–N with tert-alkyl or cyclic N) is 1. The van der Waals surface area contributed by atoms with Gasteiger partial charge in [-0.3, -0.25) is 9.35 Å². The van der Waals surface area contributed by atoms with Crippen LogP contribution in [0.3, 0.4) is 0 Å². The summed E-state index contributed by atoms with van der Waals surface area (Å²) in [6.45, 7) is 5.76. The maximum atomic E-state index is 11.9. The molecule has 2 bridgehead atoms. The number of nitrogens with one attached hydrogen (secondary N) is 1. The lowest BCUT2D eigenvalue weighted by molar-refractivity contribution is -0.128. The zero-order valence-corrected chi connectivity index (χ0v) is 14.2. The normalized spacial score (nSPS) is 36.8. The molecule has 0 spiro atoms. The fraction of sp³-hybridized carbons (Fsp3) is 0.933. The summed E-state index contributed by atoms with van der Waals surface area (Å²) in [6.07, 6.45) is 4.00. The molecule has 0 aromatic heterocycles. The van der Waals surface area contributed by atoms with Gasteiger partial charge in [-0.15, -0.1) is 0 Å². The van der Waals surface area contributed by atoms with E-state index in [0.717, 1.165) is 32.4 Å². The average molecular weight is 333 g/mol. The Bertz CT molecular complexity index is 524. The van der Waals surface area contributed by atoms with Gasteiger partial charge in [0, 0.05) is 13.0 Å². The van der Waals surface area contributed by atoms with Gasteiger partial charge in [0.25, 0.3) is 10.1 Å². The summed E-state index contributed by atoms with van der Waals surface area (Å²) in [5.74, 6) is -0.101. The van der Waals surface area contributed by atoms with Gasteiger partial charge in [0.05, 0.1) is 17.3 Å². The molecule has 3 aliphatic rings. The second kappa shape index (κ2) is 6.19. The van der Waals surface area contributed by atoms with E-state index in [1.54, 1.807) is 0 Å². The van der Waals surface area contributed by atoms with Gasteiger partial charge in [0.2, 0.25) is 0 Å². The van der Waals surface area contributed by atoms with Crippen LogP contribution in [0.2, 0.25) is 0 Å². The van der Waals surface area contributed by atoms with Crippen molar-refractivity contribution in [3.05, 3.63) is 0 Å². The lowest BCUT2D eigenvalue weighted by atomic mass is 9.70. The molecule has 128 valence electrons. The number of hydrogen-bond donors (Lipinski definition) is 3. The number of hydrogen-bond acceptors (Lipinski definition) is 5. The quantitative estimate of drug-likeness (QED) is 0.651. The largest absolute Gasteiger partial charge is 0.392 e. The van der Waals surface area contributed by atoms with E-state index in [2.05, 4.69) is 5.32 Å². The van der Waals surface area contributed by atoms with Gasteiger partial charge in [0.15, 0.2) is 0 Å². The van der Waals surface area contributed by atoms with Crippen molar-refractivity contribution < 1.29 is 22.9 Å². The second-order valence-electron chi connectivity index (χ2n) is 7.39. The van der Waals surface area contributed by atoms with Crippen LogP contribution in [0.15, 0.2) is 0 Å². The third-order valence-electron chi connectivity index (χ3n) is 5.84.